The number of thiophene rings is 1. The zero-order valence-corrected chi connectivity index (χ0v) is 10.5. The molecule has 0 saturated heterocycles. The molecule has 1 N–H and O–H groups in total. The third kappa shape index (κ3) is 5.30. The van der Waals surface area contributed by atoms with Crippen LogP contribution in [0.25, 0.3) is 0 Å². The Kier molecular flexibility index (Phi) is 6.64. The highest BCUT2D eigenvalue weighted by Crippen LogP contribution is 2.12. The van der Waals surface area contributed by atoms with E-state index >= 15 is 0 Å². The molecular formula is C12H21NOS. The summed E-state index contributed by atoms with van der Waals surface area (Å²) in [5.41, 5.74) is 0. The van der Waals surface area contributed by atoms with Crippen LogP contribution in [-0.4, -0.2) is 25.8 Å². The van der Waals surface area contributed by atoms with Gasteiger partial charge in [0.05, 0.1) is 6.61 Å². The number of hydrogen-bond donors (Lipinski definition) is 1. The summed E-state index contributed by atoms with van der Waals surface area (Å²) in [6.07, 6.45) is 2.32. The van der Waals surface area contributed by atoms with Crippen LogP contribution in [0.1, 0.15) is 25.1 Å². The predicted octanol–water partition coefficient (Wildman–Crippen LogP) is 2.70. The van der Waals surface area contributed by atoms with Gasteiger partial charge >= 0.3 is 0 Å². The lowest BCUT2D eigenvalue weighted by atomic mass is 10.1. The van der Waals surface area contributed by atoms with Gasteiger partial charge in [-0.15, -0.1) is 11.3 Å². The molecule has 0 bridgehead atoms. The summed E-state index contributed by atoms with van der Waals surface area (Å²) in [6.45, 7) is 6.84. The second kappa shape index (κ2) is 7.85. The molecule has 1 aromatic rings. The summed E-state index contributed by atoms with van der Waals surface area (Å²) in [5, 5.41) is 5.60. The molecule has 1 rings (SSSR count). The van der Waals surface area contributed by atoms with Crippen molar-refractivity contribution >= 4 is 11.3 Å². The second-order valence-corrected chi connectivity index (χ2v) is 4.56. The van der Waals surface area contributed by atoms with Gasteiger partial charge in [0.15, 0.2) is 0 Å². The average molecular weight is 227 g/mol. The maximum Gasteiger partial charge on any atom is 0.0619 e. The summed E-state index contributed by atoms with van der Waals surface area (Å²) >= 11 is 1.84. The number of nitrogens with one attached hydrogen (secondary N) is 1. The monoisotopic (exact) mass is 227 g/mol. The van der Waals surface area contributed by atoms with Crippen LogP contribution < -0.4 is 5.32 Å². The first-order valence-electron chi connectivity index (χ1n) is 5.70. The van der Waals surface area contributed by atoms with Crippen molar-refractivity contribution in [2.24, 2.45) is 0 Å². The molecule has 1 unspecified atom stereocenters. The van der Waals surface area contributed by atoms with E-state index in [0.717, 1.165) is 32.6 Å². The zero-order valence-electron chi connectivity index (χ0n) is 9.66. The maximum absolute atomic E-state index is 5.46. The minimum atomic E-state index is 0.497. The van der Waals surface area contributed by atoms with Crippen LogP contribution in [0.3, 0.4) is 0 Å². The van der Waals surface area contributed by atoms with Crippen LogP contribution in [0, 0.1) is 0 Å². The Labute approximate surface area is 96.7 Å². The number of rotatable bonds is 8. The molecule has 0 amide bonds. The highest BCUT2D eigenvalue weighted by molar-refractivity contribution is 7.09. The van der Waals surface area contributed by atoms with Gasteiger partial charge in [-0.2, -0.15) is 0 Å². The van der Waals surface area contributed by atoms with Crippen molar-refractivity contribution < 1.29 is 4.74 Å². The Morgan fingerprint density at radius 3 is 2.93 bits per heavy atom. The van der Waals surface area contributed by atoms with E-state index in [0.29, 0.717) is 6.04 Å². The molecule has 0 aliphatic carbocycles. The van der Waals surface area contributed by atoms with Crippen molar-refractivity contribution in [1.82, 2.24) is 5.32 Å². The molecule has 1 atom stereocenters. The van der Waals surface area contributed by atoms with E-state index in [2.05, 4.69) is 29.8 Å². The van der Waals surface area contributed by atoms with Gasteiger partial charge in [-0.3, -0.25) is 0 Å². The summed E-state index contributed by atoms with van der Waals surface area (Å²) in [7, 11) is 0. The molecule has 0 saturated carbocycles. The lowest BCUT2D eigenvalue weighted by Crippen LogP contribution is -2.33. The molecular weight excluding hydrogens is 206 g/mol. The van der Waals surface area contributed by atoms with Crippen molar-refractivity contribution in [1.29, 1.82) is 0 Å². The van der Waals surface area contributed by atoms with Crippen molar-refractivity contribution in [2.45, 2.75) is 32.7 Å². The van der Waals surface area contributed by atoms with E-state index < -0.39 is 0 Å². The SMILES string of the molecule is CCNC(CCc1cccs1)COCC. The molecule has 0 fully saturated rings. The Morgan fingerprint density at radius 2 is 2.33 bits per heavy atom. The molecule has 3 heteroatoms. The van der Waals surface area contributed by atoms with Crippen LogP contribution in [0.2, 0.25) is 0 Å². The molecule has 1 heterocycles. The van der Waals surface area contributed by atoms with E-state index in [4.69, 9.17) is 4.74 Å². The van der Waals surface area contributed by atoms with Gasteiger partial charge in [0.2, 0.25) is 0 Å². The molecule has 0 aliphatic rings. The van der Waals surface area contributed by atoms with Crippen LogP contribution >= 0.6 is 11.3 Å². The van der Waals surface area contributed by atoms with E-state index in [1.807, 2.05) is 18.3 Å². The fourth-order valence-electron chi connectivity index (χ4n) is 1.56. The van der Waals surface area contributed by atoms with Crippen LogP contribution in [0.15, 0.2) is 17.5 Å². The number of ether oxygens (including phenoxy) is 1. The van der Waals surface area contributed by atoms with Crippen molar-refractivity contribution in [3.05, 3.63) is 22.4 Å². The molecule has 2 nitrogen and oxygen atoms in total. The number of likely N-dealkylation sites (N-methyl/N-ethyl adjacent to an activating group) is 1. The molecule has 0 aliphatic heterocycles. The summed E-state index contributed by atoms with van der Waals surface area (Å²) in [4.78, 5) is 1.47. The Hall–Kier alpha value is -0.380. The minimum Gasteiger partial charge on any atom is -0.380 e. The molecule has 0 radical (unpaired) electrons. The van der Waals surface area contributed by atoms with Gasteiger partial charge < -0.3 is 10.1 Å². The predicted molar refractivity (Wildman–Crippen MR) is 66.6 cm³/mol. The third-order valence-corrected chi connectivity index (χ3v) is 3.27. The Morgan fingerprint density at radius 1 is 1.47 bits per heavy atom. The first-order chi connectivity index (χ1) is 7.36. The molecule has 15 heavy (non-hydrogen) atoms. The molecule has 1 aromatic heterocycles. The molecule has 86 valence electrons. The van der Waals surface area contributed by atoms with E-state index in [1.165, 1.54) is 4.88 Å². The summed E-state index contributed by atoms with van der Waals surface area (Å²) < 4.78 is 5.46. The van der Waals surface area contributed by atoms with E-state index in [-0.39, 0.29) is 0 Å². The van der Waals surface area contributed by atoms with Gasteiger partial charge in [0, 0.05) is 17.5 Å². The van der Waals surface area contributed by atoms with Gasteiger partial charge in [-0.05, 0) is 37.8 Å². The third-order valence-electron chi connectivity index (χ3n) is 2.34. The van der Waals surface area contributed by atoms with Crippen molar-refractivity contribution in [2.75, 3.05) is 19.8 Å². The highest BCUT2D eigenvalue weighted by atomic mass is 32.1. The first-order valence-corrected chi connectivity index (χ1v) is 6.58. The quantitative estimate of drug-likeness (QED) is 0.737. The van der Waals surface area contributed by atoms with E-state index in [9.17, 15) is 0 Å². The fourth-order valence-corrected chi connectivity index (χ4v) is 2.29. The normalized spacial score (nSPS) is 12.9. The summed E-state index contributed by atoms with van der Waals surface area (Å²) in [6, 6.07) is 4.82. The lowest BCUT2D eigenvalue weighted by Gasteiger charge is -2.16. The standard InChI is InChI=1S/C12H21NOS/c1-3-13-11(10-14-4-2)7-8-12-6-5-9-15-12/h5-6,9,11,13H,3-4,7-8,10H2,1-2H3. The van der Waals surface area contributed by atoms with Crippen LogP contribution in [0.4, 0.5) is 0 Å². The lowest BCUT2D eigenvalue weighted by molar-refractivity contribution is 0.120. The zero-order chi connectivity index (χ0) is 10.9. The Balaban J connectivity index is 2.24. The largest absolute Gasteiger partial charge is 0.380 e. The van der Waals surface area contributed by atoms with Crippen molar-refractivity contribution in [3.63, 3.8) is 0 Å². The Bertz CT molecular complexity index is 236. The van der Waals surface area contributed by atoms with Crippen LogP contribution in [0.5, 0.6) is 0 Å². The number of aryl methyl sites for hydroxylation is 1. The number of hydrogen-bond acceptors (Lipinski definition) is 3. The minimum absolute atomic E-state index is 0.497. The molecule has 0 aromatic carbocycles. The maximum atomic E-state index is 5.46. The van der Waals surface area contributed by atoms with Crippen molar-refractivity contribution in [3.8, 4) is 0 Å². The first kappa shape index (κ1) is 12.7. The fraction of sp³-hybridized carbons (Fsp3) is 0.667. The van der Waals surface area contributed by atoms with Gasteiger partial charge in [-0.1, -0.05) is 13.0 Å². The summed E-state index contributed by atoms with van der Waals surface area (Å²) in [5.74, 6) is 0. The van der Waals surface area contributed by atoms with Gasteiger partial charge in [0.1, 0.15) is 0 Å². The smallest absolute Gasteiger partial charge is 0.0619 e. The van der Waals surface area contributed by atoms with Gasteiger partial charge in [-0.25, -0.2) is 0 Å². The average Bonchev–Trinajstić information content (AvgIpc) is 2.75. The topological polar surface area (TPSA) is 21.3 Å². The molecule has 0 spiro atoms. The van der Waals surface area contributed by atoms with E-state index in [1.54, 1.807) is 0 Å². The second-order valence-electron chi connectivity index (χ2n) is 3.53. The van der Waals surface area contributed by atoms with Crippen LogP contribution in [-0.2, 0) is 11.2 Å². The van der Waals surface area contributed by atoms with Gasteiger partial charge in [0.25, 0.3) is 0 Å². The highest BCUT2D eigenvalue weighted by Gasteiger charge is 2.07.